The molecule has 5 rings (SSSR count). The van der Waals surface area contributed by atoms with Crippen LogP contribution in [0.25, 0.3) is 6.08 Å². The first-order chi connectivity index (χ1) is 19.0. The van der Waals surface area contributed by atoms with Crippen LogP contribution in [0.5, 0.6) is 5.75 Å². The van der Waals surface area contributed by atoms with Gasteiger partial charge in [0.2, 0.25) is 0 Å². The maximum Gasteiger partial charge on any atom is 0.266 e. The number of anilines is 1. The Kier molecular flexibility index (Phi) is 9.24. The fourth-order valence-corrected chi connectivity index (χ4v) is 6.71. The molecule has 2 aromatic carbocycles. The molecule has 2 aromatic rings. The van der Waals surface area contributed by atoms with E-state index in [2.05, 4.69) is 5.32 Å². The van der Waals surface area contributed by atoms with Crippen molar-refractivity contribution in [2.75, 3.05) is 11.9 Å². The number of nitrogens with one attached hydrogen (secondary N) is 1. The zero-order chi connectivity index (χ0) is 27.2. The number of carbonyl (C=O) groups is 2. The topological polar surface area (TPSA) is 71.0 Å². The van der Waals surface area contributed by atoms with Gasteiger partial charge in [0.25, 0.3) is 11.8 Å². The Bertz CT molecular complexity index is 1250. The third-order valence-corrected chi connectivity index (χ3v) is 8.68. The van der Waals surface area contributed by atoms with Gasteiger partial charge in [-0.15, -0.1) is 0 Å². The first-order valence-electron chi connectivity index (χ1n) is 13.7. The molecular weight excluding hydrogens is 537 g/mol. The summed E-state index contributed by atoms with van der Waals surface area (Å²) in [7, 11) is 0. The second kappa shape index (κ2) is 13.0. The molecule has 0 aromatic heterocycles. The molecule has 206 valence electrons. The molecule has 9 heteroatoms. The van der Waals surface area contributed by atoms with E-state index in [1.54, 1.807) is 12.1 Å². The number of nitrogens with zero attached hydrogens (tertiary/aromatic N) is 2. The van der Waals surface area contributed by atoms with Crippen LogP contribution in [0.1, 0.15) is 69.8 Å². The van der Waals surface area contributed by atoms with Crippen molar-refractivity contribution in [1.29, 1.82) is 0 Å². The fraction of sp³-hybridized carbons (Fsp3) is 0.433. The lowest BCUT2D eigenvalue weighted by atomic mass is 9.94. The number of amidine groups is 1. The molecule has 2 amide bonds. The van der Waals surface area contributed by atoms with Gasteiger partial charge in [0.05, 0.1) is 16.0 Å². The largest absolute Gasteiger partial charge is 0.482 e. The van der Waals surface area contributed by atoms with Crippen molar-refractivity contribution in [1.82, 2.24) is 4.90 Å². The fourth-order valence-electron chi connectivity index (χ4n) is 5.35. The predicted molar refractivity (Wildman–Crippen MR) is 156 cm³/mol. The van der Waals surface area contributed by atoms with Crippen molar-refractivity contribution in [2.45, 2.75) is 76.3 Å². The average Bonchev–Trinajstić information content (AvgIpc) is 3.24. The van der Waals surface area contributed by atoms with Crippen LogP contribution in [0, 0.1) is 5.82 Å². The molecule has 0 bridgehead atoms. The van der Waals surface area contributed by atoms with Crippen molar-refractivity contribution in [3.05, 3.63) is 63.8 Å². The average molecular weight is 570 g/mol. The van der Waals surface area contributed by atoms with Crippen LogP contribution in [0.15, 0.2) is 52.4 Å². The number of halogens is 2. The van der Waals surface area contributed by atoms with Gasteiger partial charge in [0.15, 0.2) is 11.8 Å². The van der Waals surface area contributed by atoms with Gasteiger partial charge < -0.3 is 10.1 Å². The van der Waals surface area contributed by atoms with Gasteiger partial charge in [0.1, 0.15) is 11.6 Å². The van der Waals surface area contributed by atoms with E-state index in [-0.39, 0.29) is 30.3 Å². The molecular formula is C30H33ClFN3O3S. The maximum absolute atomic E-state index is 13.6. The summed E-state index contributed by atoms with van der Waals surface area (Å²) in [6.07, 6.45) is 13.3. The molecule has 2 saturated carbocycles. The molecule has 1 N–H and O–H groups in total. The maximum atomic E-state index is 13.6. The Labute approximate surface area is 238 Å². The van der Waals surface area contributed by atoms with Gasteiger partial charge >= 0.3 is 0 Å². The number of benzene rings is 2. The quantitative estimate of drug-likeness (QED) is 0.352. The van der Waals surface area contributed by atoms with Crippen LogP contribution in [-0.2, 0) is 9.59 Å². The molecule has 3 fully saturated rings. The van der Waals surface area contributed by atoms with Gasteiger partial charge in [-0.25, -0.2) is 4.39 Å². The van der Waals surface area contributed by atoms with Crippen molar-refractivity contribution < 1.29 is 18.7 Å². The SMILES string of the molecule is O=C(COc1ccc(C=C2SC(=NC3CCCCC3)N(C3CCCCC3)C2=O)cc1Cl)Nc1ccc(F)cc1. The Balaban J connectivity index is 1.27. The zero-order valence-electron chi connectivity index (χ0n) is 21.8. The number of ether oxygens (including phenoxy) is 1. The van der Waals surface area contributed by atoms with Crippen molar-refractivity contribution in [3.63, 3.8) is 0 Å². The van der Waals surface area contributed by atoms with Crippen molar-refractivity contribution in [3.8, 4) is 5.75 Å². The van der Waals surface area contributed by atoms with E-state index in [0.29, 0.717) is 27.4 Å². The molecule has 39 heavy (non-hydrogen) atoms. The van der Waals surface area contributed by atoms with Crippen LogP contribution < -0.4 is 10.1 Å². The van der Waals surface area contributed by atoms with Gasteiger partial charge in [-0.05, 0) is 85.5 Å². The molecule has 6 nitrogen and oxygen atoms in total. The molecule has 0 atom stereocenters. The highest BCUT2D eigenvalue weighted by atomic mass is 35.5. The third kappa shape index (κ3) is 7.22. The minimum atomic E-state index is -0.385. The van der Waals surface area contributed by atoms with Crippen LogP contribution >= 0.6 is 23.4 Å². The first kappa shape index (κ1) is 27.7. The monoisotopic (exact) mass is 569 g/mol. The minimum absolute atomic E-state index is 0.0235. The highest BCUT2D eigenvalue weighted by Crippen LogP contribution is 2.39. The summed E-state index contributed by atoms with van der Waals surface area (Å²) < 4.78 is 18.7. The summed E-state index contributed by atoms with van der Waals surface area (Å²) in [5.41, 5.74) is 1.26. The first-order valence-corrected chi connectivity index (χ1v) is 14.9. The van der Waals surface area contributed by atoms with E-state index >= 15 is 0 Å². The summed E-state index contributed by atoms with van der Waals surface area (Å²) in [5, 5.41) is 3.84. The lowest BCUT2D eigenvalue weighted by molar-refractivity contribution is -0.124. The molecule has 1 saturated heterocycles. The molecule has 0 spiro atoms. The number of rotatable bonds is 7. The van der Waals surface area contributed by atoms with Gasteiger partial charge in [-0.2, -0.15) is 0 Å². The summed E-state index contributed by atoms with van der Waals surface area (Å²) >= 11 is 7.94. The second-order valence-electron chi connectivity index (χ2n) is 10.3. The molecule has 0 unspecified atom stereocenters. The lowest BCUT2D eigenvalue weighted by Gasteiger charge is -2.31. The van der Waals surface area contributed by atoms with Crippen molar-refractivity contribution in [2.24, 2.45) is 4.99 Å². The Hall–Kier alpha value is -2.84. The summed E-state index contributed by atoms with van der Waals surface area (Å²) in [4.78, 5) is 33.5. The predicted octanol–water partition coefficient (Wildman–Crippen LogP) is 7.43. The molecule has 0 radical (unpaired) electrons. The smallest absolute Gasteiger partial charge is 0.266 e. The number of amides is 2. The van der Waals surface area contributed by atoms with E-state index in [9.17, 15) is 14.0 Å². The van der Waals surface area contributed by atoms with Gasteiger partial charge in [-0.3, -0.25) is 19.5 Å². The highest BCUT2D eigenvalue weighted by molar-refractivity contribution is 8.18. The van der Waals surface area contributed by atoms with Crippen molar-refractivity contribution >= 4 is 52.1 Å². The summed E-state index contributed by atoms with van der Waals surface area (Å²) in [5.74, 6) is -0.375. The van der Waals surface area contributed by atoms with Gasteiger partial charge in [0, 0.05) is 11.7 Å². The Morgan fingerprint density at radius 2 is 1.74 bits per heavy atom. The van der Waals surface area contributed by atoms with Crippen LogP contribution in [0.2, 0.25) is 5.02 Å². The van der Waals surface area contributed by atoms with E-state index in [1.165, 1.54) is 61.7 Å². The lowest BCUT2D eigenvalue weighted by Crippen LogP contribution is -2.41. The highest BCUT2D eigenvalue weighted by Gasteiger charge is 2.39. The number of hydrogen-bond acceptors (Lipinski definition) is 5. The van der Waals surface area contributed by atoms with Crippen LogP contribution in [0.3, 0.4) is 0 Å². The molecule has 2 aliphatic carbocycles. The zero-order valence-corrected chi connectivity index (χ0v) is 23.4. The van der Waals surface area contributed by atoms with E-state index in [4.69, 9.17) is 21.3 Å². The number of aliphatic imine (C=N–C) groups is 1. The van der Waals surface area contributed by atoms with Crippen LogP contribution in [0.4, 0.5) is 10.1 Å². The normalized spacial score (nSPS) is 21.1. The van der Waals surface area contributed by atoms with E-state index < -0.39 is 0 Å². The van der Waals surface area contributed by atoms with E-state index in [0.717, 1.165) is 49.3 Å². The van der Waals surface area contributed by atoms with Gasteiger partial charge in [-0.1, -0.05) is 56.2 Å². The summed E-state index contributed by atoms with van der Waals surface area (Å²) in [6.45, 7) is -0.247. The second-order valence-corrected chi connectivity index (χ2v) is 11.7. The third-order valence-electron chi connectivity index (χ3n) is 7.38. The Morgan fingerprint density at radius 3 is 2.44 bits per heavy atom. The molecule has 3 aliphatic rings. The number of hydrogen-bond donors (Lipinski definition) is 1. The van der Waals surface area contributed by atoms with Crippen LogP contribution in [-0.4, -0.2) is 40.6 Å². The summed E-state index contributed by atoms with van der Waals surface area (Å²) in [6, 6.07) is 11.3. The standard InChI is InChI=1S/C30H33ClFN3O3S/c31-25-17-20(11-16-26(25)38-19-28(36)33-23-14-12-21(32)13-15-23)18-27-29(37)35(24-9-5-2-6-10-24)30(39-27)34-22-7-3-1-4-8-22/h11-18,22,24H,1-10,19H2,(H,33,36). The number of thioether (sulfide) groups is 1. The molecule has 1 heterocycles. The van der Waals surface area contributed by atoms with E-state index in [1.807, 2.05) is 17.0 Å². The minimum Gasteiger partial charge on any atom is -0.482 e. The Morgan fingerprint density at radius 1 is 1.05 bits per heavy atom. The number of carbonyl (C=O) groups excluding carboxylic acids is 2. The molecule has 1 aliphatic heterocycles.